The van der Waals surface area contributed by atoms with Gasteiger partial charge in [-0.2, -0.15) is 0 Å². The Morgan fingerprint density at radius 1 is 1.09 bits per heavy atom. The van der Waals surface area contributed by atoms with E-state index in [-0.39, 0.29) is 6.10 Å². The van der Waals surface area contributed by atoms with Crippen molar-refractivity contribution < 1.29 is 9.53 Å². The number of piperidine rings is 1. The standard InChI is InChI=1S/C26H31N3O2S/c1-32-23-7-8-24-20(17-23)10-15-29(24)25-9-6-22(18-27-25)31-21-11-13-28(14-12-21)26(30)16-19-4-2-3-5-19/h6-10,15,17-19,21H,2-5,11-14,16H2,1H3. The summed E-state index contributed by atoms with van der Waals surface area (Å²) < 4.78 is 8.30. The zero-order valence-electron chi connectivity index (χ0n) is 18.7. The summed E-state index contributed by atoms with van der Waals surface area (Å²) in [5, 5.41) is 1.22. The molecule has 3 heterocycles. The van der Waals surface area contributed by atoms with Gasteiger partial charge in [0.1, 0.15) is 17.7 Å². The summed E-state index contributed by atoms with van der Waals surface area (Å²) in [6, 6.07) is 12.6. The lowest BCUT2D eigenvalue weighted by molar-refractivity contribution is -0.134. The van der Waals surface area contributed by atoms with Gasteiger partial charge < -0.3 is 14.2 Å². The highest BCUT2D eigenvalue weighted by atomic mass is 32.2. The summed E-state index contributed by atoms with van der Waals surface area (Å²) in [6.07, 6.45) is 13.7. The molecule has 168 valence electrons. The third-order valence-corrected chi connectivity index (χ3v) is 7.63. The van der Waals surface area contributed by atoms with Crippen LogP contribution in [0.15, 0.2) is 53.7 Å². The van der Waals surface area contributed by atoms with E-state index in [0.717, 1.165) is 49.4 Å². The van der Waals surface area contributed by atoms with Gasteiger partial charge in [-0.3, -0.25) is 4.79 Å². The molecule has 2 aliphatic rings. The molecule has 0 unspecified atom stereocenters. The van der Waals surface area contributed by atoms with Crippen molar-refractivity contribution >= 4 is 28.6 Å². The van der Waals surface area contributed by atoms with Crippen LogP contribution in [0.4, 0.5) is 0 Å². The first kappa shape index (κ1) is 21.4. The molecule has 1 aliphatic carbocycles. The van der Waals surface area contributed by atoms with Crippen molar-refractivity contribution in [3.05, 3.63) is 48.8 Å². The van der Waals surface area contributed by atoms with Gasteiger partial charge in [0.25, 0.3) is 0 Å². The van der Waals surface area contributed by atoms with Gasteiger partial charge in [-0.1, -0.05) is 12.8 Å². The van der Waals surface area contributed by atoms with Crippen LogP contribution in [0.2, 0.25) is 0 Å². The van der Waals surface area contributed by atoms with Gasteiger partial charge in [-0.15, -0.1) is 11.8 Å². The number of carbonyl (C=O) groups is 1. The largest absolute Gasteiger partial charge is 0.489 e. The fourth-order valence-electron chi connectivity index (χ4n) is 5.04. The van der Waals surface area contributed by atoms with E-state index in [4.69, 9.17) is 4.74 Å². The average Bonchev–Trinajstić information content (AvgIpc) is 3.49. The van der Waals surface area contributed by atoms with Crippen LogP contribution >= 0.6 is 11.8 Å². The highest BCUT2D eigenvalue weighted by molar-refractivity contribution is 7.98. The zero-order chi connectivity index (χ0) is 21.9. The van der Waals surface area contributed by atoms with Crippen LogP contribution in [0.5, 0.6) is 5.75 Å². The number of hydrogen-bond acceptors (Lipinski definition) is 4. The lowest BCUT2D eigenvalue weighted by atomic mass is 10.0. The van der Waals surface area contributed by atoms with E-state index in [9.17, 15) is 4.79 Å². The molecule has 0 spiro atoms. The molecule has 5 rings (SSSR count). The lowest BCUT2D eigenvalue weighted by Crippen LogP contribution is -2.42. The number of thioether (sulfide) groups is 1. The Morgan fingerprint density at radius 3 is 2.62 bits per heavy atom. The van der Waals surface area contributed by atoms with Crippen LogP contribution in [0.3, 0.4) is 0 Å². The van der Waals surface area contributed by atoms with E-state index < -0.39 is 0 Å². The summed E-state index contributed by atoms with van der Waals surface area (Å²) in [7, 11) is 0. The monoisotopic (exact) mass is 449 g/mol. The van der Waals surface area contributed by atoms with E-state index in [1.165, 1.54) is 36.0 Å². The van der Waals surface area contributed by atoms with E-state index in [1.807, 2.05) is 23.2 Å². The van der Waals surface area contributed by atoms with Gasteiger partial charge in [-0.25, -0.2) is 4.98 Å². The number of likely N-dealkylation sites (tertiary alicyclic amines) is 1. The molecule has 1 aliphatic heterocycles. The van der Waals surface area contributed by atoms with Gasteiger partial charge in [0.2, 0.25) is 5.91 Å². The second kappa shape index (κ2) is 9.57. The predicted octanol–water partition coefficient (Wildman–Crippen LogP) is 5.70. The molecule has 0 bridgehead atoms. The third kappa shape index (κ3) is 4.65. The molecular formula is C26H31N3O2S. The second-order valence-electron chi connectivity index (χ2n) is 9.02. The lowest BCUT2D eigenvalue weighted by Gasteiger charge is -2.32. The molecule has 0 N–H and O–H groups in total. The van der Waals surface area contributed by atoms with Crippen LogP contribution < -0.4 is 4.74 Å². The Hall–Kier alpha value is -2.47. The number of benzene rings is 1. The van der Waals surface area contributed by atoms with Crippen molar-refractivity contribution in [3.63, 3.8) is 0 Å². The van der Waals surface area contributed by atoms with Crippen molar-refractivity contribution in [1.29, 1.82) is 0 Å². The first-order valence-corrected chi connectivity index (χ1v) is 13.0. The molecule has 5 nitrogen and oxygen atoms in total. The fourth-order valence-corrected chi connectivity index (χ4v) is 5.49. The maximum absolute atomic E-state index is 12.6. The summed E-state index contributed by atoms with van der Waals surface area (Å²) in [5.41, 5.74) is 1.15. The van der Waals surface area contributed by atoms with Crippen molar-refractivity contribution in [3.8, 4) is 11.6 Å². The van der Waals surface area contributed by atoms with Crippen LogP contribution in [-0.2, 0) is 4.79 Å². The van der Waals surface area contributed by atoms with Crippen LogP contribution in [0, 0.1) is 5.92 Å². The van der Waals surface area contributed by atoms with Crippen molar-refractivity contribution in [2.45, 2.75) is 55.9 Å². The van der Waals surface area contributed by atoms with Crippen molar-refractivity contribution in [2.24, 2.45) is 5.92 Å². The van der Waals surface area contributed by atoms with Crippen LogP contribution in [0.1, 0.15) is 44.9 Å². The number of pyridine rings is 1. The summed E-state index contributed by atoms with van der Waals surface area (Å²) in [5.74, 6) is 2.64. The first-order valence-electron chi connectivity index (χ1n) is 11.8. The number of ether oxygens (including phenoxy) is 1. The van der Waals surface area contributed by atoms with E-state index in [0.29, 0.717) is 11.8 Å². The fraction of sp³-hybridized carbons (Fsp3) is 0.462. The Kier molecular flexibility index (Phi) is 6.39. The second-order valence-corrected chi connectivity index (χ2v) is 9.89. The Morgan fingerprint density at radius 2 is 1.91 bits per heavy atom. The minimum absolute atomic E-state index is 0.149. The molecule has 0 atom stereocenters. The number of aromatic nitrogens is 2. The minimum atomic E-state index is 0.149. The number of hydrogen-bond donors (Lipinski definition) is 0. The number of amides is 1. The van der Waals surface area contributed by atoms with Crippen LogP contribution in [-0.4, -0.2) is 45.8 Å². The molecule has 0 radical (unpaired) electrons. The van der Waals surface area contributed by atoms with Gasteiger partial charge in [-0.05, 0) is 61.4 Å². The number of carbonyl (C=O) groups excluding carboxylic acids is 1. The van der Waals surface area contributed by atoms with E-state index in [1.54, 1.807) is 11.8 Å². The normalized spacial score (nSPS) is 17.8. The smallest absolute Gasteiger partial charge is 0.222 e. The van der Waals surface area contributed by atoms with Gasteiger partial charge in [0.05, 0.1) is 11.7 Å². The van der Waals surface area contributed by atoms with E-state index >= 15 is 0 Å². The Bertz CT molecular complexity index is 1060. The average molecular weight is 450 g/mol. The highest BCUT2D eigenvalue weighted by Crippen LogP contribution is 2.29. The SMILES string of the molecule is CSc1ccc2c(ccn2-c2ccc(OC3CCN(C(=O)CC4CCCC4)CC3)cn2)c1. The Labute approximate surface area is 194 Å². The quantitative estimate of drug-likeness (QED) is 0.453. The van der Waals surface area contributed by atoms with Gasteiger partial charge in [0, 0.05) is 48.8 Å². The number of rotatable bonds is 6. The molecule has 3 aromatic rings. The Balaban J connectivity index is 1.17. The molecule has 1 saturated carbocycles. The van der Waals surface area contributed by atoms with Crippen molar-refractivity contribution in [1.82, 2.24) is 14.5 Å². The molecule has 1 aromatic carbocycles. The van der Waals surface area contributed by atoms with Gasteiger partial charge in [0.15, 0.2) is 0 Å². The van der Waals surface area contributed by atoms with Gasteiger partial charge >= 0.3 is 0 Å². The summed E-state index contributed by atoms with van der Waals surface area (Å²) in [4.78, 5) is 20.5. The summed E-state index contributed by atoms with van der Waals surface area (Å²) >= 11 is 1.75. The maximum atomic E-state index is 12.6. The summed E-state index contributed by atoms with van der Waals surface area (Å²) in [6.45, 7) is 1.60. The van der Waals surface area contributed by atoms with E-state index in [2.05, 4.69) is 46.3 Å². The molecule has 1 saturated heterocycles. The number of fused-ring (bicyclic) bond motifs is 1. The van der Waals surface area contributed by atoms with Crippen molar-refractivity contribution in [2.75, 3.05) is 19.3 Å². The topological polar surface area (TPSA) is 47.4 Å². The molecule has 6 heteroatoms. The molecule has 2 fully saturated rings. The highest BCUT2D eigenvalue weighted by Gasteiger charge is 2.26. The first-order chi connectivity index (χ1) is 15.7. The zero-order valence-corrected chi connectivity index (χ0v) is 19.5. The number of nitrogens with zero attached hydrogens (tertiary/aromatic N) is 3. The predicted molar refractivity (Wildman–Crippen MR) is 130 cm³/mol. The minimum Gasteiger partial charge on any atom is -0.489 e. The molecule has 1 amide bonds. The molecule has 32 heavy (non-hydrogen) atoms. The molecular weight excluding hydrogens is 418 g/mol. The van der Waals surface area contributed by atoms with Crippen LogP contribution in [0.25, 0.3) is 16.7 Å². The molecule has 2 aromatic heterocycles. The third-order valence-electron chi connectivity index (χ3n) is 6.90. The maximum Gasteiger partial charge on any atom is 0.222 e.